The molecule has 0 atom stereocenters. The van der Waals surface area contributed by atoms with Crippen molar-refractivity contribution in [2.45, 2.75) is 45.4 Å². The van der Waals surface area contributed by atoms with Crippen molar-refractivity contribution in [1.29, 1.82) is 0 Å². The zero-order valence-corrected chi connectivity index (χ0v) is 29.4. The molecule has 2 nitrogen and oxygen atoms in total. The lowest BCUT2D eigenvalue weighted by Crippen LogP contribution is -2.15. The van der Waals surface area contributed by atoms with Crippen molar-refractivity contribution in [2.24, 2.45) is 0 Å². The number of hydrogen-bond donors (Lipinski definition) is 0. The minimum Gasteiger partial charge on any atom is -0.456 e. The highest BCUT2D eigenvalue weighted by Gasteiger charge is 2.42. The van der Waals surface area contributed by atoms with Gasteiger partial charge in [0.05, 0.1) is 0 Å². The Hall–Kier alpha value is -5.86. The average molecular weight is 657 g/mol. The van der Waals surface area contributed by atoms with E-state index in [0.29, 0.717) is 0 Å². The molecule has 0 bridgehead atoms. The van der Waals surface area contributed by atoms with Gasteiger partial charge in [-0.25, -0.2) is 0 Å². The van der Waals surface area contributed by atoms with Gasteiger partial charge in [-0.2, -0.15) is 0 Å². The van der Waals surface area contributed by atoms with Crippen molar-refractivity contribution in [2.75, 3.05) is 0 Å². The molecule has 7 aromatic carbocycles. The van der Waals surface area contributed by atoms with Crippen LogP contribution in [0, 0.1) is 6.92 Å². The van der Waals surface area contributed by atoms with E-state index in [0.717, 1.165) is 22.7 Å². The van der Waals surface area contributed by atoms with Crippen molar-refractivity contribution < 1.29 is 8.83 Å². The zero-order chi connectivity index (χ0) is 34.4. The summed E-state index contributed by atoms with van der Waals surface area (Å²) in [4.78, 5) is 0. The molecule has 0 spiro atoms. The molecule has 0 unspecified atom stereocenters. The molecule has 11 rings (SSSR count). The normalized spacial score (nSPS) is 15.1. The Morgan fingerprint density at radius 3 is 1.35 bits per heavy atom. The lowest BCUT2D eigenvalue weighted by Gasteiger charge is -2.24. The molecule has 9 aromatic rings. The van der Waals surface area contributed by atoms with Gasteiger partial charge in [-0.1, -0.05) is 136 Å². The Kier molecular flexibility index (Phi) is 5.49. The largest absolute Gasteiger partial charge is 0.456 e. The number of aryl methyl sites for hydroxylation is 1. The van der Waals surface area contributed by atoms with E-state index >= 15 is 0 Å². The zero-order valence-electron chi connectivity index (χ0n) is 29.4. The minimum absolute atomic E-state index is 0.189. The fraction of sp³-hybridized carbons (Fsp3) is 0.143. The summed E-state index contributed by atoms with van der Waals surface area (Å²) in [5, 5.41) is 7.49. The average Bonchev–Trinajstić information content (AvgIpc) is 3.84. The van der Waals surface area contributed by atoms with Crippen LogP contribution < -0.4 is 0 Å². The molecule has 244 valence electrons. The highest BCUT2D eigenvalue weighted by atomic mass is 16.3. The molecule has 0 fully saturated rings. The van der Waals surface area contributed by atoms with Gasteiger partial charge in [0.1, 0.15) is 22.7 Å². The summed E-state index contributed by atoms with van der Waals surface area (Å²) in [5.74, 6) is 2.02. The number of rotatable bonds is 2. The maximum absolute atomic E-state index is 6.52. The molecule has 2 aliphatic carbocycles. The number of benzene rings is 7. The number of furan rings is 2. The standard InChI is InChI=1S/C49H36O2/c1-27-18-21-32-37(24-27)43(29-20-23-34-39(26-29)49(4,5)45-36-15-9-11-17-41(36)51-47(34)45)31-13-7-6-12-30(31)42(32)28-19-22-33-38(25-28)48(2,3)44-35-14-8-10-16-40(35)50-46(33)44/h6-26H,1-5H3. The highest BCUT2D eigenvalue weighted by molar-refractivity contribution is 6.22. The smallest absolute Gasteiger partial charge is 0.139 e. The van der Waals surface area contributed by atoms with Crippen LogP contribution in [-0.4, -0.2) is 0 Å². The van der Waals surface area contributed by atoms with E-state index in [-0.39, 0.29) is 10.8 Å². The Morgan fingerprint density at radius 1 is 0.412 bits per heavy atom. The van der Waals surface area contributed by atoms with Gasteiger partial charge in [-0.05, 0) is 86.1 Å². The predicted octanol–water partition coefficient (Wildman–Crippen LogP) is 13.7. The van der Waals surface area contributed by atoms with E-state index in [1.165, 1.54) is 93.5 Å². The third-order valence-electron chi connectivity index (χ3n) is 12.1. The monoisotopic (exact) mass is 656 g/mol. The molecule has 2 aromatic heterocycles. The Balaban J connectivity index is 1.15. The van der Waals surface area contributed by atoms with Gasteiger partial charge in [0.25, 0.3) is 0 Å². The Bertz CT molecular complexity index is 2980. The van der Waals surface area contributed by atoms with Crippen LogP contribution in [-0.2, 0) is 10.8 Å². The van der Waals surface area contributed by atoms with Gasteiger partial charge in [-0.15, -0.1) is 0 Å². The lowest BCUT2D eigenvalue weighted by molar-refractivity contribution is 0.619. The molecule has 0 aliphatic heterocycles. The number of hydrogen-bond acceptors (Lipinski definition) is 2. The van der Waals surface area contributed by atoms with Gasteiger partial charge in [0, 0.05) is 43.9 Å². The molecule has 0 N–H and O–H groups in total. The van der Waals surface area contributed by atoms with Crippen LogP contribution in [0.3, 0.4) is 0 Å². The molecule has 2 aliphatic rings. The maximum Gasteiger partial charge on any atom is 0.139 e. The van der Waals surface area contributed by atoms with Gasteiger partial charge in [0.15, 0.2) is 0 Å². The summed E-state index contributed by atoms with van der Waals surface area (Å²) >= 11 is 0. The summed E-state index contributed by atoms with van der Waals surface area (Å²) in [6.07, 6.45) is 0. The fourth-order valence-electron chi connectivity index (χ4n) is 9.72. The molecular weight excluding hydrogens is 621 g/mol. The van der Waals surface area contributed by atoms with Crippen LogP contribution >= 0.6 is 0 Å². The summed E-state index contributed by atoms with van der Waals surface area (Å²) < 4.78 is 13.0. The molecule has 51 heavy (non-hydrogen) atoms. The molecule has 0 saturated heterocycles. The van der Waals surface area contributed by atoms with E-state index < -0.39 is 0 Å². The molecule has 0 saturated carbocycles. The van der Waals surface area contributed by atoms with E-state index in [2.05, 4.69) is 162 Å². The van der Waals surface area contributed by atoms with Crippen LogP contribution in [0.5, 0.6) is 0 Å². The first-order valence-electron chi connectivity index (χ1n) is 18.0. The van der Waals surface area contributed by atoms with E-state index in [1.54, 1.807) is 0 Å². The van der Waals surface area contributed by atoms with Crippen LogP contribution in [0.1, 0.15) is 55.5 Å². The van der Waals surface area contributed by atoms with Crippen LogP contribution in [0.25, 0.3) is 88.4 Å². The van der Waals surface area contributed by atoms with E-state index in [9.17, 15) is 0 Å². The second kappa shape index (κ2) is 9.68. The van der Waals surface area contributed by atoms with Crippen LogP contribution in [0.4, 0.5) is 0 Å². The lowest BCUT2D eigenvalue weighted by atomic mass is 9.79. The molecule has 0 radical (unpaired) electrons. The van der Waals surface area contributed by atoms with Crippen molar-refractivity contribution >= 4 is 43.5 Å². The first-order valence-corrected chi connectivity index (χ1v) is 18.0. The van der Waals surface area contributed by atoms with Crippen molar-refractivity contribution in [1.82, 2.24) is 0 Å². The minimum atomic E-state index is -0.190. The van der Waals surface area contributed by atoms with Crippen molar-refractivity contribution in [3.8, 4) is 44.9 Å². The fourth-order valence-corrected chi connectivity index (χ4v) is 9.72. The maximum atomic E-state index is 6.52. The van der Waals surface area contributed by atoms with Gasteiger partial charge >= 0.3 is 0 Å². The van der Waals surface area contributed by atoms with E-state index in [4.69, 9.17) is 8.83 Å². The quantitative estimate of drug-likeness (QED) is 0.173. The van der Waals surface area contributed by atoms with Crippen molar-refractivity contribution in [3.05, 3.63) is 155 Å². The number of fused-ring (bicyclic) bond motifs is 12. The third-order valence-corrected chi connectivity index (χ3v) is 12.1. The first-order chi connectivity index (χ1) is 24.7. The summed E-state index contributed by atoms with van der Waals surface area (Å²) in [6.45, 7) is 11.6. The Morgan fingerprint density at radius 2 is 0.843 bits per heavy atom. The summed E-state index contributed by atoms with van der Waals surface area (Å²) in [6, 6.07) is 46.9. The molecular formula is C49H36O2. The summed E-state index contributed by atoms with van der Waals surface area (Å²) in [5.41, 5.74) is 15.4. The SMILES string of the molecule is Cc1ccc2c(-c3ccc4c(c3)C(C)(C)c3c-4oc4ccccc34)c3ccccc3c(-c3ccc4c(c3)C(C)(C)c3c-4oc4ccccc34)c2c1. The predicted molar refractivity (Wildman–Crippen MR) is 212 cm³/mol. The van der Waals surface area contributed by atoms with Gasteiger partial charge in [0.2, 0.25) is 0 Å². The molecule has 2 heterocycles. The molecule has 0 amide bonds. The highest BCUT2D eigenvalue weighted by Crippen LogP contribution is 2.56. The third kappa shape index (κ3) is 3.67. The van der Waals surface area contributed by atoms with E-state index in [1.807, 2.05) is 0 Å². The van der Waals surface area contributed by atoms with Crippen molar-refractivity contribution in [3.63, 3.8) is 0 Å². The summed E-state index contributed by atoms with van der Waals surface area (Å²) in [7, 11) is 0. The first kappa shape index (κ1) is 28.9. The second-order valence-electron chi connectivity index (χ2n) is 15.7. The second-order valence-corrected chi connectivity index (χ2v) is 15.7. The molecule has 2 heteroatoms. The van der Waals surface area contributed by atoms with Crippen LogP contribution in [0.2, 0.25) is 0 Å². The Labute approximate surface area is 297 Å². The topological polar surface area (TPSA) is 26.3 Å². The van der Waals surface area contributed by atoms with Gasteiger partial charge < -0.3 is 8.83 Å². The number of para-hydroxylation sites is 2. The van der Waals surface area contributed by atoms with Crippen LogP contribution in [0.15, 0.2) is 136 Å². The van der Waals surface area contributed by atoms with Gasteiger partial charge in [-0.3, -0.25) is 0 Å².